The van der Waals surface area contributed by atoms with E-state index in [9.17, 15) is 4.79 Å². The predicted octanol–water partition coefficient (Wildman–Crippen LogP) is 4.69. The lowest BCUT2D eigenvalue weighted by Gasteiger charge is -1.98. The van der Waals surface area contributed by atoms with Crippen LogP contribution in [0.25, 0.3) is 6.08 Å². The first-order chi connectivity index (χ1) is 10.2. The number of carbonyl (C=O) groups is 1. The molecular weight excluding hydrogens is 282 g/mol. The number of carbonyl (C=O) groups excluding carboxylic acids is 1. The Morgan fingerprint density at radius 2 is 1.71 bits per heavy atom. The number of benzene rings is 2. The predicted molar refractivity (Wildman–Crippen MR) is 85.0 cm³/mol. The van der Waals surface area contributed by atoms with Gasteiger partial charge >= 0.3 is 0 Å². The molecular formula is C18H12ClNO. The zero-order valence-electron chi connectivity index (χ0n) is 11.2. The first kappa shape index (κ1) is 14.8. The van der Waals surface area contributed by atoms with Gasteiger partial charge in [-0.1, -0.05) is 54.1 Å². The molecule has 0 amide bonds. The largest absolute Gasteiger partial charge is 0.288 e. The van der Waals surface area contributed by atoms with E-state index < -0.39 is 0 Å². The fraction of sp³-hybridized carbons (Fsp3) is 0. The number of allylic oxidation sites excluding steroid dienone is 3. The Morgan fingerprint density at radius 3 is 2.33 bits per heavy atom. The topological polar surface area (TPSA) is 40.9 Å². The lowest BCUT2D eigenvalue weighted by atomic mass is 10.0. The van der Waals surface area contributed by atoms with E-state index in [1.54, 1.807) is 30.3 Å². The van der Waals surface area contributed by atoms with E-state index in [0.717, 1.165) is 5.56 Å². The van der Waals surface area contributed by atoms with Crippen molar-refractivity contribution in [2.45, 2.75) is 0 Å². The van der Waals surface area contributed by atoms with Gasteiger partial charge in [-0.05, 0) is 35.9 Å². The van der Waals surface area contributed by atoms with Crippen LogP contribution in [0.1, 0.15) is 15.9 Å². The number of nitrogens with zero attached hydrogens (tertiary/aromatic N) is 1. The molecule has 0 bridgehead atoms. The molecule has 0 unspecified atom stereocenters. The summed E-state index contributed by atoms with van der Waals surface area (Å²) in [7, 11) is 0. The van der Waals surface area contributed by atoms with Gasteiger partial charge < -0.3 is 0 Å². The molecule has 0 aromatic heterocycles. The van der Waals surface area contributed by atoms with Gasteiger partial charge in [-0.15, -0.1) is 0 Å². The molecule has 0 fully saturated rings. The third kappa shape index (κ3) is 4.17. The third-order valence-corrected chi connectivity index (χ3v) is 3.07. The van der Waals surface area contributed by atoms with Crippen LogP contribution in [0.15, 0.2) is 72.3 Å². The van der Waals surface area contributed by atoms with Crippen LogP contribution in [0.5, 0.6) is 0 Å². The van der Waals surface area contributed by atoms with Crippen molar-refractivity contribution in [3.8, 4) is 6.07 Å². The summed E-state index contributed by atoms with van der Waals surface area (Å²) < 4.78 is 0. The molecule has 2 aromatic carbocycles. The fourth-order valence-corrected chi connectivity index (χ4v) is 1.87. The molecule has 0 spiro atoms. The maximum Gasteiger partial charge on any atom is 0.203 e. The van der Waals surface area contributed by atoms with Crippen LogP contribution in [0.3, 0.4) is 0 Å². The highest BCUT2D eigenvalue weighted by atomic mass is 35.5. The second-order valence-electron chi connectivity index (χ2n) is 4.30. The van der Waals surface area contributed by atoms with Gasteiger partial charge in [0.05, 0.1) is 5.57 Å². The van der Waals surface area contributed by atoms with E-state index in [4.69, 9.17) is 16.9 Å². The van der Waals surface area contributed by atoms with Crippen molar-refractivity contribution in [2.24, 2.45) is 0 Å². The average molecular weight is 294 g/mol. The highest BCUT2D eigenvalue weighted by Crippen LogP contribution is 2.13. The maximum absolute atomic E-state index is 12.2. The second-order valence-corrected chi connectivity index (χ2v) is 4.73. The Labute approximate surface area is 128 Å². The van der Waals surface area contributed by atoms with Gasteiger partial charge in [0.2, 0.25) is 5.78 Å². The molecule has 2 nitrogen and oxygen atoms in total. The Morgan fingerprint density at radius 1 is 1.05 bits per heavy atom. The number of halogens is 1. The zero-order chi connectivity index (χ0) is 15.1. The van der Waals surface area contributed by atoms with Gasteiger partial charge in [0.15, 0.2) is 0 Å². The molecule has 2 aromatic rings. The minimum Gasteiger partial charge on any atom is -0.288 e. The van der Waals surface area contributed by atoms with E-state index in [2.05, 4.69) is 0 Å². The number of rotatable bonds is 4. The van der Waals surface area contributed by atoms with E-state index >= 15 is 0 Å². The van der Waals surface area contributed by atoms with Crippen molar-refractivity contribution in [1.82, 2.24) is 0 Å². The summed E-state index contributed by atoms with van der Waals surface area (Å²) in [4.78, 5) is 12.2. The van der Waals surface area contributed by atoms with Gasteiger partial charge in [-0.3, -0.25) is 4.79 Å². The molecule has 0 atom stereocenters. The molecule has 102 valence electrons. The Bertz CT molecular complexity index is 722. The molecule has 3 heteroatoms. The summed E-state index contributed by atoms with van der Waals surface area (Å²) in [6.45, 7) is 0. The number of ketones is 1. The van der Waals surface area contributed by atoms with Crippen LogP contribution in [0.4, 0.5) is 0 Å². The summed E-state index contributed by atoms with van der Waals surface area (Å²) in [6.07, 6.45) is 5.05. The second kappa shape index (κ2) is 7.23. The van der Waals surface area contributed by atoms with Crippen LogP contribution < -0.4 is 0 Å². The molecule has 0 aliphatic rings. The van der Waals surface area contributed by atoms with Crippen molar-refractivity contribution >= 4 is 23.5 Å². The van der Waals surface area contributed by atoms with Crippen molar-refractivity contribution < 1.29 is 4.79 Å². The Balaban J connectivity index is 2.18. The maximum atomic E-state index is 12.2. The molecule has 0 radical (unpaired) electrons. The molecule has 0 aliphatic carbocycles. The Hall–Kier alpha value is -2.63. The lowest BCUT2D eigenvalue weighted by Crippen LogP contribution is -2.01. The minimum atomic E-state index is -0.313. The van der Waals surface area contributed by atoms with E-state index in [0.29, 0.717) is 10.6 Å². The van der Waals surface area contributed by atoms with Crippen molar-refractivity contribution in [2.75, 3.05) is 0 Å². The Kier molecular flexibility index (Phi) is 5.09. The molecule has 21 heavy (non-hydrogen) atoms. The highest BCUT2D eigenvalue weighted by Gasteiger charge is 2.10. The summed E-state index contributed by atoms with van der Waals surface area (Å²) in [5.74, 6) is -0.313. The van der Waals surface area contributed by atoms with Crippen LogP contribution in [-0.4, -0.2) is 5.78 Å². The molecule has 0 saturated carbocycles. The minimum absolute atomic E-state index is 0.0875. The van der Waals surface area contributed by atoms with Crippen LogP contribution in [0.2, 0.25) is 5.02 Å². The first-order valence-corrected chi connectivity index (χ1v) is 6.72. The van der Waals surface area contributed by atoms with Crippen molar-refractivity contribution in [3.63, 3.8) is 0 Å². The first-order valence-electron chi connectivity index (χ1n) is 6.34. The molecule has 0 N–H and O–H groups in total. The van der Waals surface area contributed by atoms with E-state index in [1.807, 2.05) is 42.5 Å². The van der Waals surface area contributed by atoms with E-state index in [-0.39, 0.29) is 11.4 Å². The van der Waals surface area contributed by atoms with Crippen LogP contribution >= 0.6 is 11.6 Å². The monoisotopic (exact) mass is 293 g/mol. The van der Waals surface area contributed by atoms with Gasteiger partial charge in [0.1, 0.15) is 6.07 Å². The summed E-state index contributed by atoms with van der Waals surface area (Å²) in [5.41, 5.74) is 1.54. The van der Waals surface area contributed by atoms with Crippen molar-refractivity contribution in [3.05, 3.63) is 88.5 Å². The normalized spacial score (nSPS) is 11.3. The molecule has 0 aliphatic heterocycles. The smallest absolute Gasteiger partial charge is 0.203 e. The van der Waals surface area contributed by atoms with Gasteiger partial charge in [-0.25, -0.2) is 0 Å². The molecule has 2 rings (SSSR count). The lowest BCUT2D eigenvalue weighted by molar-refractivity contribution is 0.103. The number of nitriles is 1. The summed E-state index contributed by atoms with van der Waals surface area (Å²) >= 11 is 5.78. The average Bonchev–Trinajstić information content (AvgIpc) is 2.53. The third-order valence-electron chi connectivity index (χ3n) is 2.82. The highest BCUT2D eigenvalue weighted by molar-refractivity contribution is 6.30. The molecule has 0 saturated heterocycles. The molecule has 0 heterocycles. The number of hydrogen-bond acceptors (Lipinski definition) is 2. The van der Waals surface area contributed by atoms with Gasteiger partial charge in [0.25, 0.3) is 0 Å². The summed E-state index contributed by atoms with van der Waals surface area (Å²) in [5, 5.41) is 9.66. The quantitative estimate of drug-likeness (QED) is 0.355. The van der Waals surface area contributed by atoms with Gasteiger partial charge in [0, 0.05) is 10.6 Å². The van der Waals surface area contributed by atoms with Crippen molar-refractivity contribution in [1.29, 1.82) is 5.26 Å². The van der Waals surface area contributed by atoms with Gasteiger partial charge in [-0.2, -0.15) is 5.26 Å². The van der Waals surface area contributed by atoms with Crippen LogP contribution in [-0.2, 0) is 0 Å². The summed E-state index contributed by atoms with van der Waals surface area (Å²) in [6, 6.07) is 18.1. The van der Waals surface area contributed by atoms with E-state index in [1.165, 1.54) is 6.08 Å². The standard InChI is InChI=1S/C18H12ClNO/c19-17-11-9-15(10-12-17)18(21)16(13-20)8-4-7-14-5-2-1-3-6-14/h1-12H/b7-4+,16-8+. The number of Topliss-reactive ketones (excluding diaryl/α,β-unsaturated/α-hetero) is 1. The SMILES string of the molecule is N#C/C(=C\C=C\c1ccccc1)C(=O)c1ccc(Cl)cc1. The number of hydrogen-bond donors (Lipinski definition) is 0. The zero-order valence-corrected chi connectivity index (χ0v) is 11.9. The fourth-order valence-electron chi connectivity index (χ4n) is 1.74. The van der Waals surface area contributed by atoms with Crippen LogP contribution in [0, 0.1) is 11.3 Å².